The summed E-state index contributed by atoms with van der Waals surface area (Å²) < 4.78 is 5.85. The van der Waals surface area contributed by atoms with E-state index >= 15 is 0 Å². The lowest BCUT2D eigenvalue weighted by atomic mass is 10.0. The smallest absolute Gasteiger partial charge is 0.139 e. The summed E-state index contributed by atoms with van der Waals surface area (Å²) in [7, 11) is 0. The van der Waals surface area contributed by atoms with E-state index in [1.807, 2.05) is 32.0 Å². The molecule has 0 radical (unpaired) electrons. The number of hydrogen-bond donors (Lipinski definition) is 1. The van der Waals surface area contributed by atoms with Gasteiger partial charge in [-0.2, -0.15) is 0 Å². The molecule has 2 nitrogen and oxygen atoms in total. The maximum absolute atomic E-state index is 6.05. The van der Waals surface area contributed by atoms with E-state index in [-0.39, 0.29) is 5.60 Å². The molecule has 84 valence electrons. The SMILES string of the molecule is CCC(C)(CN)Oc1cc(C)ccc1Cl. The highest BCUT2D eigenvalue weighted by molar-refractivity contribution is 6.32. The number of nitrogens with two attached hydrogens (primary N) is 1. The van der Waals surface area contributed by atoms with Gasteiger partial charge in [0.25, 0.3) is 0 Å². The molecule has 0 saturated heterocycles. The Morgan fingerprint density at radius 3 is 2.67 bits per heavy atom. The third-order valence-corrected chi connectivity index (χ3v) is 2.93. The third kappa shape index (κ3) is 3.11. The Hall–Kier alpha value is -0.730. The molecule has 2 N–H and O–H groups in total. The molecule has 0 aromatic heterocycles. The van der Waals surface area contributed by atoms with Gasteiger partial charge in [0, 0.05) is 6.54 Å². The van der Waals surface area contributed by atoms with Crippen LogP contribution >= 0.6 is 11.6 Å². The van der Waals surface area contributed by atoms with Crippen LogP contribution in [0, 0.1) is 6.92 Å². The van der Waals surface area contributed by atoms with E-state index in [4.69, 9.17) is 22.1 Å². The number of hydrogen-bond acceptors (Lipinski definition) is 2. The minimum absolute atomic E-state index is 0.336. The first-order valence-electron chi connectivity index (χ1n) is 5.16. The first kappa shape index (κ1) is 12.3. The highest BCUT2D eigenvalue weighted by atomic mass is 35.5. The number of benzene rings is 1. The van der Waals surface area contributed by atoms with Crippen molar-refractivity contribution in [1.29, 1.82) is 0 Å². The molecule has 0 aliphatic rings. The van der Waals surface area contributed by atoms with Gasteiger partial charge in [-0.05, 0) is 38.0 Å². The number of rotatable bonds is 4. The van der Waals surface area contributed by atoms with Gasteiger partial charge in [0.2, 0.25) is 0 Å². The minimum atomic E-state index is -0.336. The fraction of sp³-hybridized carbons (Fsp3) is 0.500. The molecule has 0 bridgehead atoms. The van der Waals surface area contributed by atoms with E-state index in [2.05, 4.69) is 6.92 Å². The molecule has 15 heavy (non-hydrogen) atoms. The second-order valence-electron chi connectivity index (χ2n) is 4.04. The van der Waals surface area contributed by atoms with Crippen LogP contribution in [0.4, 0.5) is 0 Å². The molecule has 3 heteroatoms. The molecular formula is C12H18ClNO. The van der Waals surface area contributed by atoms with Gasteiger partial charge in [-0.25, -0.2) is 0 Å². The Morgan fingerprint density at radius 1 is 1.47 bits per heavy atom. The van der Waals surface area contributed by atoms with Crippen molar-refractivity contribution in [2.75, 3.05) is 6.54 Å². The number of ether oxygens (including phenoxy) is 1. The van der Waals surface area contributed by atoms with Crippen LogP contribution in [0.25, 0.3) is 0 Å². The Bertz CT molecular complexity index is 334. The second kappa shape index (κ2) is 4.86. The van der Waals surface area contributed by atoms with E-state index in [1.165, 1.54) is 0 Å². The van der Waals surface area contributed by atoms with Crippen molar-refractivity contribution >= 4 is 11.6 Å². The highest BCUT2D eigenvalue weighted by Gasteiger charge is 2.23. The summed E-state index contributed by atoms with van der Waals surface area (Å²) in [6, 6.07) is 5.74. The van der Waals surface area contributed by atoms with Crippen molar-refractivity contribution < 1.29 is 4.74 Å². The van der Waals surface area contributed by atoms with Crippen LogP contribution in [-0.4, -0.2) is 12.1 Å². The number of aryl methyl sites for hydroxylation is 1. The van der Waals surface area contributed by atoms with Crippen LogP contribution in [0.5, 0.6) is 5.75 Å². The number of halogens is 1. The van der Waals surface area contributed by atoms with Crippen LogP contribution in [0.15, 0.2) is 18.2 Å². The molecule has 1 rings (SSSR count). The molecular weight excluding hydrogens is 210 g/mol. The Kier molecular flexibility index (Phi) is 4.00. The van der Waals surface area contributed by atoms with E-state index in [1.54, 1.807) is 0 Å². The maximum Gasteiger partial charge on any atom is 0.139 e. The zero-order chi connectivity index (χ0) is 11.5. The van der Waals surface area contributed by atoms with Crippen LogP contribution in [0.2, 0.25) is 5.02 Å². The zero-order valence-corrected chi connectivity index (χ0v) is 10.3. The largest absolute Gasteiger partial charge is 0.485 e. The predicted molar refractivity (Wildman–Crippen MR) is 64.6 cm³/mol. The molecule has 1 aromatic carbocycles. The predicted octanol–water partition coefficient (Wildman–Crippen LogP) is 3.15. The van der Waals surface area contributed by atoms with Gasteiger partial charge in [0.1, 0.15) is 11.4 Å². The Morgan fingerprint density at radius 2 is 2.13 bits per heavy atom. The third-order valence-electron chi connectivity index (χ3n) is 2.62. The van der Waals surface area contributed by atoms with Crippen LogP contribution in [0.1, 0.15) is 25.8 Å². The fourth-order valence-corrected chi connectivity index (χ4v) is 1.37. The van der Waals surface area contributed by atoms with Gasteiger partial charge in [0.15, 0.2) is 0 Å². The molecule has 1 unspecified atom stereocenters. The van der Waals surface area contributed by atoms with Crippen molar-refractivity contribution in [3.8, 4) is 5.75 Å². The van der Waals surface area contributed by atoms with Crippen LogP contribution in [0.3, 0.4) is 0 Å². The van der Waals surface area contributed by atoms with Gasteiger partial charge in [-0.3, -0.25) is 0 Å². The molecule has 1 aromatic rings. The maximum atomic E-state index is 6.05. The first-order valence-corrected chi connectivity index (χ1v) is 5.54. The molecule has 0 spiro atoms. The average molecular weight is 228 g/mol. The van der Waals surface area contributed by atoms with Gasteiger partial charge in [-0.15, -0.1) is 0 Å². The zero-order valence-electron chi connectivity index (χ0n) is 9.51. The van der Waals surface area contributed by atoms with Crippen molar-refractivity contribution in [2.45, 2.75) is 32.8 Å². The highest BCUT2D eigenvalue weighted by Crippen LogP contribution is 2.29. The summed E-state index contributed by atoms with van der Waals surface area (Å²) >= 11 is 6.05. The summed E-state index contributed by atoms with van der Waals surface area (Å²) in [6.45, 7) is 6.53. The van der Waals surface area contributed by atoms with Crippen molar-refractivity contribution in [3.63, 3.8) is 0 Å². The molecule has 0 amide bonds. The first-order chi connectivity index (χ1) is 7.00. The standard InChI is InChI=1S/C12H18ClNO/c1-4-12(3,8-14)15-11-7-9(2)5-6-10(11)13/h5-7H,4,8,14H2,1-3H3. The lowest BCUT2D eigenvalue weighted by molar-refractivity contribution is 0.0936. The minimum Gasteiger partial charge on any atom is -0.485 e. The topological polar surface area (TPSA) is 35.2 Å². The lowest BCUT2D eigenvalue weighted by Gasteiger charge is -2.28. The quantitative estimate of drug-likeness (QED) is 0.858. The fourth-order valence-electron chi connectivity index (χ4n) is 1.21. The van der Waals surface area contributed by atoms with E-state index in [0.717, 1.165) is 12.0 Å². The van der Waals surface area contributed by atoms with E-state index in [9.17, 15) is 0 Å². The second-order valence-corrected chi connectivity index (χ2v) is 4.45. The molecule has 0 saturated carbocycles. The summed E-state index contributed by atoms with van der Waals surface area (Å²) in [5.74, 6) is 0.714. The average Bonchev–Trinajstić information content (AvgIpc) is 2.23. The van der Waals surface area contributed by atoms with Gasteiger partial charge >= 0.3 is 0 Å². The lowest BCUT2D eigenvalue weighted by Crippen LogP contribution is -2.39. The van der Waals surface area contributed by atoms with Gasteiger partial charge < -0.3 is 10.5 Å². The Balaban J connectivity index is 2.92. The Labute approximate surface area is 96.4 Å². The van der Waals surface area contributed by atoms with Crippen LogP contribution in [-0.2, 0) is 0 Å². The van der Waals surface area contributed by atoms with Crippen LogP contribution < -0.4 is 10.5 Å². The molecule has 0 aliphatic carbocycles. The molecule has 0 heterocycles. The van der Waals surface area contributed by atoms with Gasteiger partial charge in [0.05, 0.1) is 5.02 Å². The summed E-state index contributed by atoms with van der Waals surface area (Å²) in [5.41, 5.74) is 6.48. The molecule has 0 fully saturated rings. The normalized spacial score (nSPS) is 14.7. The monoisotopic (exact) mass is 227 g/mol. The van der Waals surface area contributed by atoms with E-state index < -0.39 is 0 Å². The van der Waals surface area contributed by atoms with Gasteiger partial charge in [-0.1, -0.05) is 24.6 Å². The van der Waals surface area contributed by atoms with Crippen molar-refractivity contribution in [3.05, 3.63) is 28.8 Å². The molecule has 1 atom stereocenters. The summed E-state index contributed by atoms with van der Waals surface area (Å²) in [5, 5.41) is 0.633. The van der Waals surface area contributed by atoms with Crippen molar-refractivity contribution in [1.82, 2.24) is 0 Å². The van der Waals surface area contributed by atoms with Crippen molar-refractivity contribution in [2.24, 2.45) is 5.73 Å². The van der Waals surface area contributed by atoms with E-state index in [0.29, 0.717) is 17.3 Å². The molecule has 0 aliphatic heterocycles. The summed E-state index contributed by atoms with van der Waals surface area (Å²) in [4.78, 5) is 0. The summed E-state index contributed by atoms with van der Waals surface area (Å²) in [6.07, 6.45) is 0.855.